The maximum Gasteiger partial charge on any atom is 0.236 e. The van der Waals surface area contributed by atoms with Crippen molar-refractivity contribution < 1.29 is 8.42 Å². The quantitative estimate of drug-likeness (QED) is 0.786. The molecule has 1 aliphatic rings. The summed E-state index contributed by atoms with van der Waals surface area (Å²) in [5.41, 5.74) is 1.03. The zero-order valence-electron chi connectivity index (χ0n) is 7.15. The number of hydrogen-bond donors (Lipinski definition) is 0. The van der Waals surface area contributed by atoms with Crippen LogP contribution in [-0.4, -0.2) is 13.7 Å². The first-order valence-corrected chi connectivity index (χ1v) is 7.34. The van der Waals surface area contributed by atoms with E-state index in [1.807, 2.05) is 24.3 Å². The van der Waals surface area contributed by atoms with E-state index in [0.717, 1.165) is 10.0 Å². The highest BCUT2D eigenvalue weighted by atomic mass is 79.9. The first kappa shape index (κ1) is 10.5. The van der Waals surface area contributed by atoms with Gasteiger partial charge in [-0.3, -0.25) is 0 Å². The Balaban J connectivity index is 2.26. The molecule has 0 heterocycles. The van der Waals surface area contributed by atoms with Gasteiger partial charge in [0.05, 0.1) is 5.25 Å². The molecule has 1 aromatic rings. The smallest absolute Gasteiger partial charge is 0.212 e. The van der Waals surface area contributed by atoms with Crippen molar-refractivity contribution in [2.75, 3.05) is 0 Å². The molecule has 0 N–H and O–H groups in total. The third kappa shape index (κ3) is 1.97. The molecule has 0 bridgehead atoms. The molecule has 2 rings (SSSR count). The molecule has 76 valence electrons. The van der Waals surface area contributed by atoms with E-state index in [-0.39, 0.29) is 5.92 Å². The highest BCUT2D eigenvalue weighted by molar-refractivity contribution is 9.10. The van der Waals surface area contributed by atoms with E-state index in [9.17, 15) is 8.42 Å². The number of benzene rings is 1. The second kappa shape index (κ2) is 3.51. The molecule has 0 spiro atoms. The first-order valence-electron chi connectivity index (χ1n) is 4.18. The van der Waals surface area contributed by atoms with Gasteiger partial charge >= 0.3 is 0 Å². The molecule has 1 aliphatic carbocycles. The average molecular weight is 296 g/mol. The minimum absolute atomic E-state index is 0.0630. The summed E-state index contributed by atoms with van der Waals surface area (Å²) in [6.45, 7) is 0. The van der Waals surface area contributed by atoms with E-state index in [4.69, 9.17) is 10.7 Å². The van der Waals surface area contributed by atoms with Crippen molar-refractivity contribution in [3.63, 3.8) is 0 Å². The van der Waals surface area contributed by atoms with Crippen molar-refractivity contribution in [1.29, 1.82) is 0 Å². The van der Waals surface area contributed by atoms with Crippen molar-refractivity contribution in [2.45, 2.75) is 17.6 Å². The van der Waals surface area contributed by atoms with Gasteiger partial charge in [-0.1, -0.05) is 34.1 Å². The van der Waals surface area contributed by atoms with E-state index in [2.05, 4.69) is 15.9 Å². The van der Waals surface area contributed by atoms with Crippen molar-refractivity contribution >= 4 is 35.7 Å². The summed E-state index contributed by atoms with van der Waals surface area (Å²) in [6.07, 6.45) is 0.633. The van der Waals surface area contributed by atoms with Crippen LogP contribution in [0.15, 0.2) is 28.7 Å². The van der Waals surface area contributed by atoms with Gasteiger partial charge in [0.25, 0.3) is 0 Å². The summed E-state index contributed by atoms with van der Waals surface area (Å²) < 4.78 is 23.0. The molecular formula is C9H8BrClO2S. The Morgan fingerprint density at radius 2 is 2.00 bits per heavy atom. The van der Waals surface area contributed by atoms with Gasteiger partial charge in [0.1, 0.15) is 0 Å². The Morgan fingerprint density at radius 1 is 1.36 bits per heavy atom. The Bertz CT molecular complexity index is 458. The normalized spacial score (nSPS) is 26.1. The van der Waals surface area contributed by atoms with Gasteiger partial charge in [0.2, 0.25) is 9.05 Å². The van der Waals surface area contributed by atoms with Crippen LogP contribution in [0.3, 0.4) is 0 Å². The zero-order valence-corrected chi connectivity index (χ0v) is 10.3. The van der Waals surface area contributed by atoms with Crippen molar-refractivity contribution in [1.82, 2.24) is 0 Å². The Labute approximate surface area is 95.8 Å². The van der Waals surface area contributed by atoms with Gasteiger partial charge in [-0.15, -0.1) is 0 Å². The number of rotatable bonds is 2. The number of halogens is 2. The molecule has 2 atom stereocenters. The van der Waals surface area contributed by atoms with Crippen LogP contribution in [0.25, 0.3) is 0 Å². The van der Waals surface area contributed by atoms with Gasteiger partial charge in [-0.25, -0.2) is 8.42 Å². The lowest BCUT2D eigenvalue weighted by Crippen LogP contribution is -1.99. The molecule has 0 radical (unpaired) electrons. The van der Waals surface area contributed by atoms with Crippen LogP contribution in [0, 0.1) is 0 Å². The maximum atomic E-state index is 11.0. The first-order chi connectivity index (χ1) is 6.50. The average Bonchev–Trinajstić information content (AvgIpc) is 2.83. The molecule has 1 aromatic carbocycles. The molecule has 1 saturated carbocycles. The predicted molar refractivity (Wildman–Crippen MR) is 60.1 cm³/mol. The van der Waals surface area contributed by atoms with Crippen LogP contribution in [0.1, 0.15) is 17.9 Å². The minimum Gasteiger partial charge on any atom is -0.212 e. The van der Waals surface area contributed by atoms with Gasteiger partial charge in [0, 0.05) is 21.1 Å². The zero-order chi connectivity index (χ0) is 10.3. The Morgan fingerprint density at radius 3 is 2.50 bits per heavy atom. The molecule has 1 fully saturated rings. The Kier molecular flexibility index (Phi) is 2.62. The van der Waals surface area contributed by atoms with Crippen LogP contribution < -0.4 is 0 Å². The summed E-state index contributed by atoms with van der Waals surface area (Å²) in [7, 11) is 1.89. The van der Waals surface area contributed by atoms with Crippen LogP contribution in [0.4, 0.5) is 0 Å². The lowest BCUT2D eigenvalue weighted by atomic mass is 10.1. The summed E-state index contributed by atoms with van der Waals surface area (Å²) >= 11 is 3.39. The molecule has 0 amide bonds. The monoisotopic (exact) mass is 294 g/mol. The lowest BCUT2D eigenvalue weighted by Gasteiger charge is -2.01. The third-order valence-electron chi connectivity index (χ3n) is 2.40. The largest absolute Gasteiger partial charge is 0.236 e. The molecule has 2 nitrogen and oxygen atoms in total. The molecule has 0 saturated heterocycles. The lowest BCUT2D eigenvalue weighted by molar-refractivity contribution is 0.607. The third-order valence-corrected chi connectivity index (χ3v) is 5.05. The van der Waals surface area contributed by atoms with Crippen molar-refractivity contribution in [3.8, 4) is 0 Å². The highest BCUT2D eigenvalue weighted by Gasteiger charge is 2.47. The summed E-state index contributed by atoms with van der Waals surface area (Å²) in [4.78, 5) is 0. The highest BCUT2D eigenvalue weighted by Crippen LogP contribution is 2.49. The molecule has 5 heteroatoms. The fourth-order valence-electron chi connectivity index (χ4n) is 1.59. The van der Waals surface area contributed by atoms with Gasteiger partial charge in [-0.05, 0) is 18.1 Å². The van der Waals surface area contributed by atoms with E-state index < -0.39 is 14.3 Å². The van der Waals surface area contributed by atoms with Gasteiger partial charge in [0.15, 0.2) is 0 Å². The van der Waals surface area contributed by atoms with Crippen LogP contribution >= 0.6 is 26.6 Å². The fourth-order valence-corrected chi connectivity index (χ4v) is 3.73. The minimum atomic E-state index is -3.39. The molecular weight excluding hydrogens is 288 g/mol. The molecule has 14 heavy (non-hydrogen) atoms. The van der Waals surface area contributed by atoms with Crippen LogP contribution in [0.2, 0.25) is 0 Å². The van der Waals surface area contributed by atoms with E-state index in [1.54, 1.807) is 0 Å². The predicted octanol–water partition coefficient (Wildman–Crippen LogP) is 2.87. The molecule has 0 aliphatic heterocycles. The van der Waals surface area contributed by atoms with Crippen LogP contribution in [0.5, 0.6) is 0 Å². The second-order valence-corrected chi connectivity index (χ2v) is 7.08. The topological polar surface area (TPSA) is 34.1 Å². The van der Waals surface area contributed by atoms with Gasteiger partial charge in [-0.2, -0.15) is 0 Å². The SMILES string of the molecule is O=S(=O)(Cl)C1CC1c1ccccc1Br. The fraction of sp³-hybridized carbons (Fsp3) is 0.333. The summed E-state index contributed by atoms with van der Waals surface area (Å²) in [6, 6.07) is 7.64. The van der Waals surface area contributed by atoms with Crippen molar-refractivity contribution in [2.24, 2.45) is 0 Å². The second-order valence-electron chi connectivity index (χ2n) is 3.38. The van der Waals surface area contributed by atoms with Crippen LogP contribution in [-0.2, 0) is 9.05 Å². The summed E-state index contributed by atoms with van der Waals surface area (Å²) in [5.74, 6) is 0.0630. The maximum absolute atomic E-state index is 11.0. The van der Waals surface area contributed by atoms with Gasteiger partial charge < -0.3 is 0 Å². The van der Waals surface area contributed by atoms with E-state index >= 15 is 0 Å². The standard InChI is InChI=1S/C9H8BrClO2S/c10-8-4-2-1-3-6(8)7-5-9(7)14(11,12)13/h1-4,7,9H,5H2. The van der Waals surface area contributed by atoms with E-state index in [1.165, 1.54) is 0 Å². The Hall–Kier alpha value is -0.0600. The van der Waals surface area contributed by atoms with E-state index in [0.29, 0.717) is 6.42 Å². The molecule has 2 unspecified atom stereocenters. The number of hydrogen-bond acceptors (Lipinski definition) is 2. The van der Waals surface area contributed by atoms with Crippen molar-refractivity contribution in [3.05, 3.63) is 34.3 Å². The molecule has 0 aromatic heterocycles. The summed E-state index contributed by atoms with van der Waals surface area (Å²) in [5, 5.41) is -0.400.